The minimum atomic E-state index is 0.848. The van der Waals surface area contributed by atoms with Gasteiger partial charge in [-0.3, -0.25) is 4.98 Å². The van der Waals surface area contributed by atoms with Crippen LogP contribution in [0.2, 0.25) is 0 Å². The van der Waals surface area contributed by atoms with Crippen LogP contribution in [0.3, 0.4) is 0 Å². The molecule has 0 aliphatic heterocycles. The summed E-state index contributed by atoms with van der Waals surface area (Å²) in [5.74, 6) is 0.848. The van der Waals surface area contributed by atoms with Crippen LogP contribution in [0.25, 0.3) is 12.2 Å². The number of allylic oxidation sites excluding steroid dienone is 2. The monoisotopic (exact) mass is 197 g/mol. The van der Waals surface area contributed by atoms with E-state index in [1.54, 1.807) is 12.5 Å². The first-order chi connectivity index (χ1) is 7.45. The molecular formula is C13H11NO. The summed E-state index contributed by atoms with van der Waals surface area (Å²) in [5, 5.41) is 0. The zero-order valence-electron chi connectivity index (χ0n) is 8.21. The van der Waals surface area contributed by atoms with E-state index in [0.717, 1.165) is 11.5 Å². The first-order valence-electron chi connectivity index (χ1n) is 4.74. The van der Waals surface area contributed by atoms with E-state index in [2.05, 4.69) is 4.98 Å². The predicted molar refractivity (Wildman–Crippen MR) is 61.0 cm³/mol. The van der Waals surface area contributed by atoms with Crippen molar-refractivity contribution in [2.75, 3.05) is 0 Å². The molecule has 0 fully saturated rings. The molecule has 15 heavy (non-hydrogen) atoms. The third-order valence-electron chi connectivity index (χ3n) is 1.87. The number of aromatic nitrogens is 1. The highest BCUT2D eigenvalue weighted by atomic mass is 16.3. The minimum Gasteiger partial charge on any atom is -0.465 e. The van der Waals surface area contributed by atoms with Crippen LogP contribution in [0, 0.1) is 0 Å². The van der Waals surface area contributed by atoms with Crippen molar-refractivity contribution in [3.8, 4) is 0 Å². The highest BCUT2D eigenvalue weighted by molar-refractivity contribution is 5.52. The van der Waals surface area contributed by atoms with E-state index in [-0.39, 0.29) is 0 Å². The topological polar surface area (TPSA) is 26.0 Å². The minimum absolute atomic E-state index is 0.848. The molecular weight excluding hydrogens is 186 g/mol. The Kier molecular flexibility index (Phi) is 3.13. The molecule has 0 radical (unpaired) electrons. The van der Waals surface area contributed by atoms with E-state index in [1.165, 1.54) is 0 Å². The summed E-state index contributed by atoms with van der Waals surface area (Å²) < 4.78 is 5.15. The van der Waals surface area contributed by atoms with Gasteiger partial charge in [0.05, 0.1) is 12.0 Å². The molecule has 0 bridgehead atoms. The second-order valence-corrected chi connectivity index (χ2v) is 2.99. The Morgan fingerprint density at radius 1 is 1.00 bits per heavy atom. The van der Waals surface area contributed by atoms with E-state index in [9.17, 15) is 0 Å². The first-order valence-corrected chi connectivity index (χ1v) is 4.74. The summed E-state index contributed by atoms with van der Waals surface area (Å²) in [5.41, 5.74) is 0.946. The molecule has 2 heterocycles. The van der Waals surface area contributed by atoms with Crippen LogP contribution < -0.4 is 0 Å². The molecule has 2 rings (SSSR count). The van der Waals surface area contributed by atoms with Crippen LogP contribution in [-0.2, 0) is 0 Å². The van der Waals surface area contributed by atoms with Gasteiger partial charge in [0.25, 0.3) is 0 Å². The Hall–Kier alpha value is -2.09. The van der Waals surface area contributed by atoms with Gasteiger partial charge in [-0.2, -0.15) is 0 Å². The summed E-state index contributed by atoms with van der Waals surface area (Å²) in [4.78, 5) is 4.17. The van der Waals surface area contributed by atoms with Gasteiger partial charge in [0.15, 0.2) is 0 Å². The standard InChI is InChI=1S/C13H11NO/c1(2-8-13-9-5-11-15-13)6-12-7-3-4-10-14-12/h1-11H. The van der Waals surface area contributed by atoms with E-state index < -0.39 is 0 Å². The average Bonchev–Trinajstić information content (AvgIpc) is 2.79. The van der Waals surface area contributed by atoms with Gasteiger partial charge in [0.1, 0.15) is 5.76 Å². The van der Waals surface area contributed by atoms with Gasteiger partial charge in [-0.1, -0.05) is 18.2 Å². The molecule has 2 aromatic heterocycles. The molecule has 2 heteroatoms. The van der Waals surface area contributed by atoms with Gasteiger partial charge in [0.2, 0.25) is 0 Å². The van der Waals surface area contributed by atoms with Crippen molar-refractivity contribution in [3.05, 3.63) is 66.4 Å². The normalized spacial score (nSPS) is 11.5. The fourth-order valence-electron chi connectivity index (χ4n) is 1.17. The molecule has 0 unspecified atom stereocenters. The molecule has 2 aromatic rings. The largest absolute Gasteiger partial charge is 0.465 e. The maximum absolute atomic E-state index is 5.15. The van der Waals surface area contributed by atoms with Crippen LogP contribution in [0.15, 0.2) is 59.4 Å². The van der Waals surface area contributed by atoms with Crippen molar-refractivity contribution in [1.82, 2.24) is 4.98 Å². The zero-order chi connectivity index (χ0) is 10.3. The quantitative estimate of drug-likeness (QED) is 0.705. The Morgan fingerprint density at radius 3 is 2.67 bits per heavy atom. The van der Waals surface area contributed by atoms with Gasteiger partial charge in [-0.05, 0) is 36.4 Å². The molecule has 0 saturated heterocycles. The lowest BCUT2D eigenvalue weighted by Gasteiger charge is -1.87. The number of furan rings is 1. The van der Waals surface area contributed by atoms with Gasteiger partial charge >= 0.3 is 0 Å². The number of pyridine rings is 1. The van der Waals surface area contributed by atoms with Crippen molar-refractivity contribution >= 4 is 12.2 Å². The maximum atomic E-state index is 5.15. The molecule has 74 valence electrons. The Balaban J connectivity index is 1.96. The van der Waals surface area contributed by atoms with Crippen molar-refractivity contribution in [2.45, 2.75) is 0 Å². The number of nitrogens with zero attached hydrogens (tertiary/aromatic N) is 1. The van der Waals surface area contributed by atoms with E-state index >= 15 is 0 Å². The molecule has 0 aliphatic carbocycles. The Bertz CT molecular complexity index is 441. The molecule has 0 aromatic carbocycles. The predicted octanol–water partition coefficient (Wildman–Crippen LogP) is 3.40. The second kappa shape index (κ2) is 4.96. The highest BCUT2D eigenvalue weighted by Crippen LogP contribution is 2.03. The highest BCUT2D eigenvalue weighted by Gasteiger charge is 1.85. The van der Waals surface area contributed by atoms with Crippen LogP contribution in [0.4, 0.5) is 0 Å². The molecule has 0 spiro atoms. The molecule has 0 amide bonds. The summed E-state index contributed by atoms with van der Waals surface area (Å²) in [6.07, 6.45) is 11.1. The lowest BCUT2D eigenvalue weighted by atomic mass is 10.3. The van der Waals surface area contributed by atoms with E-state index in [4.69, 9.17) is 4.42 Å². The fourth-order valence-corrected chi connectivity index (χ4v) is 1.17. The second-order valence-electron chi connectivity index (χ2n) is 2.99. The molecule has 0 atom stereocenters. The fraction of sp³-hybridized carbons (Fsp3) is 0. The van der Waals surface area contributed by atoms with Gasteiger partial charge < -0.3 is 4.42 Å². The Labute approximate surface area is 88.6 Å². The molecule has 0 saturated carbocycles. The number of hydrogen-bond donors (Lipinski definition) is 0. The van der Waals surface area contributed by atoms with Gasteiger partial charge in [-0.15, -0.1) is 0 Å². The molecule has 0 aliphatic rings. The van der Waals surface area contributed by atoms with Crippen LogP contribution in [0.5, 0.6) is 0 Å². The lowest BCUT2D eigenvalue weighted by Crippen LogP contribution is -1.74. The summed E-state index contributed by atoms with van der Waals surface area (Å²) in [6.45, 7) is 0. The summed E-state index contributed by atoms with van der Waals surface area (Å²) >= 11 is 0. The molecule has 2 nitrogen and oxygen atoms in total. The Morgan fingerprint density at radius 2 is 1.93 bits per heavy atom. The van der Waals surface area contributed by atoms with Gasteiger partial charge in [0, 0.05) is 6.20 Å². The van der Waals surface area contributed by atoms with Gasteiger partial charge in [-0.25, -0.2) is 0 Å². The average molecular weight is 197 g/mol. The third kappa shape index (κ3) is 2.95. The smallest absolute Gasteiger partial charge is 0.126 e. The lowest BCUT2D eigenvalue weighted by molar-refractivity contribution is 0.557. The van der Waals surface area contributed by atoms with Crippen LogP contribution >= 0.6 is 0 Å². The van der Waals surface area contributed by atoms with Crippen molar-refractivity contribution < 1.29 is 4.42 Å². The third-order valence-corrected chi connectivity index (χ3v) is 1.87. The number of rotatable bonds is 3. The molecule has 0 N–H and O–H groups in total. The van der Waals surface area contributed by atoms with Crippen LogP contribution in [0.1, 0.15) is 11.5 Å². The number of hydrogen-bond acceptors (Lipinski definition) is 2. The SMILES string of the molecule is C(C=Cc1ccco1)=Cc1ccccn1. The van der Waals surface area contributed by atoms with Crippen molar-refractivity contribution in [3.63, 3.8) is 0 Å². The maximum Gasteiger partial charge on any atom is 0.126 e. The van der Waals surface area contributed by atoms with Crippen molar-refractivity contribution in [1.29, 1.82) is 0 Å². The van der Waals surface area contributed by atoms with Crippen LogP contribution in [-0.4, -0.2) is 4.98 Å². The van der Waals surface area contributed by atoms with E-state index in [0.29, 0.717) is 0 Å². The summed E-state index contributed by atoms with van der Waals surface area (Å²) in [7, 11) is 0. The summed E-state index contributed by atoms with van der Waals surface area (Å²) in [6, 6.07) is 9.59. The van der Waals surface area contributed by atoms with E-state index in [1.807, 2.05) is 54.6 Å². The van der Waals surface area contributed by atoms with Crippen molar-refractivity contribution in [2.24, 2.45) is 0 Å². The zero-order valence-corrected chi connectivity index (χ0v) is 8.21. The first kappa shape index (κ1) is 9.46.